The van der Waals surface area contributed by atoms with Crippen molar-refractivity contribution in [2.24, 2.45) is 7.05 Å². The third-order valence-corrected chi connectivity index (χ3v) is 3.34. The van der Waals surface area contributed by atoms with Crippen LogP contribution in [0.25, 0.3) is 0 Å². The molecule has 0 aliphatic heterocycles. The molecule has 2 heterocycles. The summed E-state index contributed by atoms with van der Waals surface area (Å²) in [7, 11) is 1.91. The fraction of sp³-hybridized carbons (Fsp3) is 0.250. The number of aromatic nitrogens is 3. The Hall–Kier alpha value is -0.880. The van der Waals surface area contributed by atoms with E-state index >= 15 is 0 Å². The van der Waals surface area contributed by atoms with Gasteiger partial charge in [-0.2, -0.15) is 0 Å². The minimum atomic E-state index is 0.772. The summed E-state index contributed by atoms with van der Waals surface area (Å²) in [6, 6.07) is 2.09. The number of hydrogen-bond acceptors (Lipinski definition) is 4. The van der Waals surface area contributed by atoms with Crippen LogP contribution in [0.3, 0.4) is 0 Å². The lowest BCUT2D eigenvalue weighted by Crippen LogP contribution is -2.03. The maximum absolute atomic E-state index is 3.93. The maximum Gasteiger partial charge on any atom is 0.224 e. The van der Waals surface area contributed by atoms with Crippen molar-refractivity contribution < 1.29 is 0 Å². The molecule has 14 heavy (non-hydrogen) atoms. The molecule has 0 amide bonds. The van der Waals surface area contributed by atoms with E-state index in [4.69, 9.17) is 0 Å². The highest BCUT2D eigenvalue weighted by Crippen LogP contribution is 2.21. The predicted molar refractivity (Wildman–Crippen MR) is 60.3 cm³/mol. The molecule has 0 aromatic carbocycles. The summed E-state index contributed by atoms with van der Waals surface area (Å²) in [5.74, 6) is 0.785. The Morgan fingerprint density at radius 1 is 1.64 bits per heavy atom. The Balaban J connectivity index is 1.98. The van der Waals surface area contributed by atoms with E-state index in [2.05, 4.69) is 42.9 Å². The molecule has 4 nitrogen and oxygen atoms in total. The Kier molecular flexibility index (Phi) is 2.83. The number of halogens is 1. The zero-order valence-corrected chi connectivity index (χ0v) is 9.97. The van der Waals surface area contributed by atoms with E-state index in [-0.39, 0.29) is 0 Å². The van der Waals surface area contributed by atoms with Crippen molar-refractivity contribution in [1.82, 2.24) is 14.8 Å². The van der Waals surface area contributed by atoms with Crippen molar-refractivity contribution in [3.05, 3.63) is 27.1 Å². The van der Waals surface area contributed by atoms with Crippen LogP contribution in [0.1, 0.15) is 5.56 Å². The van der Waals surface area contributed by atoms with Gasteiger partial charge in [-0.15, -0.1) is 21.5 Å². The van der Waals surface area contributed by atoms with Gasteiger partial charge in [-0.1, -0.05) is 0 Å². The molecular formula is C8H9BrN4S. The number of thiophene rings is 1. The number of aryl methyl sites for hydroxylation is 1. The first-order chi connectivity index (χ1) is 6.75. The summed E-state index contributed by atoms with van der Waals surface area (Å²) in [6.45, 7) is 0.772. The topological polar surface area (TPSA) is 42.7 Å². The molecule has 2 aromatic heterocycles. The molecule has 0 aliphatic rings. The third-order valence-electron chi connectivity index (χ3n) is 1.78. The van der Waals surface area contributed by atoms with Crippen LogP contribution in [0.15, 0.2) is 21.6 Å². The minimum Gasteiger partial charge on any atom is -0.350 e. The Morgan fingerprint density at radius 2 is 2.50 bits per heavy atom. The highest BCUT2D eigenvalue weighted by atomic mass is 79.9. The van der Waals surface area contributed by atoms with Crippen molar-refractivity contribution in [3.63, 3.8) is 0 Å². The van der Waals surface area contributed by atoms with Crippen LogP contribution in [-0.4, -0.2) is 14.8 Å². The lowest BCUT2D eigenvalue weighted by Gasteiger charge is -2.02. The van der Waals surface area contributed by atoms with Gasteiger partial charge >= 0.3 is 0 Å². The van der Waals surface area contributed by atoms with Gasteiger partial charge in [-0.3, -0.25) is 0 Å². The SMILES string of the molecule is Cn1cnnc1NCc1csc(Br)c1. The van der Waals surface area contributed by atoms with Gasteiger partial charge in [0.15, 0.2) is 0 Å². The van der Waals surface area contributed by atoms with Gasteiger partial charge in [-0.25, -0.2) is 0 Å². The van der Waals surface area contributed by atoms with Crippen LogP contribution in [0.4, 0.5) is 5.95 Å². The fourth-order valence-electron chi connectivity index (χ4n) is 1.06. The molecule has 0 bridgehead atoms. The predicted octanol–water partition coefficient (Wildman–Crippen LogP) is 2.25. The van der Waals surface area contributed by atoms with E-state index in [0.717, 1.165) is 16.3 Å². The molecule has 0 radical (unpaired) electrons. The van der Waals surface area contributed by atoms with Crippen molar-refractivity contribution in [2.75, 3.05) is 5.32 Å². The number of hydrogen-bond donors (Lipinski definition) is 1. The highest BCUT2D eigenvalue weighted by Gasteiger charge is 2.00. The quantitative estimate of drug-likeness (QED) is 0.932. The van der Waals surface area contributed by atoms with Crippen molar-refractivity contribution in [1.29, 1.82) is 0 Å². The molecule has 2 aromatic rings. The van der Waals surface area contributed by atoms with Crippen LogP contribution in [0, 0.1) is 0 Å². The molecule has 0 unspecified atom stereocenters. The Morgan fingerprint density at radius 3 is 3.07 bits per heavy atom. The largest absolute Gasteiger partial charge is 0.350 e. The van der Waals surface area contributed by atoms with E-state index in [0.29, 0.717) is 0 Å². The van der Waals surface area contributed by atoms with Crippen LogP contribution >= 0.6 is 27.3 Å². The monoisotopic (exact) mass is 272 g/mol. The van der Waals surface area contributed by atoms with E-state index in [1.807, 2.05) is 11.6 Å². The standard InChI is InChI=1S/C8H9BrN4S/c1-13-5-11-12-8(13)10-3-6-2-7(9)14-4-6/h2,4-5H,3H2,1H3,(H,10,12). The molecule has 0 atom stereocenters. The van der Waals surface area contributed by atoms with Gasteiger partial charge < -0.3 is 9.88 Å². The van der Waals surface area contributed by atoms with Gasteiger partial charge in [-0.05, 0) is 32.9 Å². The second-order valence-electron chi connectivity index (χ2n) is 2.88. The summed E-state index contributed by atoms with van der Waals surface area (Å²) >= 11 is 5.10. The van der Waals surface area contributed by atoms with Crippen LogP contribution < -0.4 is 5.32 Å². The molecule has 6 heteroatoms. The average Bonchev–Trinajstić information content (AvgIpc) is 2.72. The second-order valence-corrected chi connectivity index (χ2v) is 5.17. The molecular weight excluding hydrogens is 264 g/mol. The molecule has 0 saturated heterocycles. The van der Waals surface area contributed by atoms with Gasteiger partial charge in [0.1, 0.15) is 6.33 Å². The maximum atomic E-state index is 3.93. The molecule has 1 N–H and O–H groups in total. The number of nitrogens with zero attached hydrogens (tertiary/aromatic N) is 3. The summed E-state index contributed by atoms with van der Waals surface area (Å²) in [4.78, 5) is 0. The van der Waals surface area contributed by atoms with Crippen molar-refractivity contribution in [2.45, 2.75) is 6.54 Å². The van der Waals surface area contributed by atoms with Gasteiger partial charge in [0.2, 0.25) is 5.95 Å². The van der Waals surface area contributed by atoms with Crippen LogP contribution in [0.2, 0.25) is 0 Å². The van der Waals surface area contributed by atoms with Crippen LogP contribution in [0.5, 0.6) is 0 Å². The summed E-state index contributed by atoms with van der Waals surface area (Å²) < 4.78 is 2.99. The zero-order chi connectivity index (χ0) is 9.97. The molecule has 2 rings (SSSR count). The van der Waals surface area contributed by atoms with Crippen molar-refractivity contribution >= 4 is 33.2 Å². The van der Waals surface area contributed by atoms with Crippen LogP contribution in [-0.2, 0) is 13.6 Å². The Labute approximate surface area is 94.1 Å². The average molecular weight is 273 g/mol. The molecule has 0 fully saturated rings. The smallest absolute Gasteiger partial charge is 0.224 e. The van der Waals surface area contributed by atoms with E-state index in [9.17, 15) is 0 Å². The van der Waals surface area contributed by atoms with E-state index < -0.39 is 0 Å². The molecule has 74 valence electrons. The molecule has 0 spiro atoms. The number of rotatable bonds is 3. The highest BCUT2D eigenvalue weighted by molar-refractivity contribution is 9.11. The summed E-state index contributed by atoms with van der Waals surface area (Å²) in [6.07, 6.45) is 1.67. The fourth-order valence-corrected chi connectivity index (χ4v) is 2.27. The zero-order valence-electron chi connectivity index (χ0n) is 7.57. The number of nitrogens with one attached hydrogen (secondary N) is 1. The van der Waals surface area contributed by atoms with Crippen molar-refractivity contribution in [3.8, 4) is 0 Å². The Bertz CT molecular complexity index is 422. The first-order valence-electron chi connectivity index (χ1n) is 4.06. The lowest BCUT2D eigenvalue weighted by molar-refractivity contribution is 0.899. The summed E-state index contributed by atoms with van der Waals surface area (Å²) in [5.41, 5.74) is 1.24. The second kappa shape index (κ2) is 4.10. The lowest BCUT2D eigenvalue weighted by atomic mass is 10.3. The molecule has 0 saturated carbocycles. The van der Waals surface area contributed by atoms with E-state index in [1.54, 1.807) is 17.7 Å². The van der Waals surface area contributed by atoms with Gasteiger partial charge in [0.25, 0.3) is 0 Å². The molecule has 0 aliphatic carbocycles. The van der Waals surface area contributed by atoms with Gasteiger partial charge in [0.05, 0.1) is 3.79 Å². The number of anilines is 1. The first-order valence-corrected chi connectivity index (χ1v) is 5.74. The van der Waals surface area contributed by atoms with Gasteiger partial charge in [0, 0.05) is 13.6 Å². The normalized spacial score (nSPS) is 10.4. The first kappa shape index (κ1) is 9.67. The third kappa shape index (κ3) is 2.13. The minimum absolute atomic E-state index is 0.772. The van der Waals surface area contributed by atoms with E-state index in [1.165, 1.54) is 5.56 Å². The summed E-state index contributed by atoms with van der Waals surface area (Å²) in [5, 5.41) is 13.0.